The van der Waals surface area contributed by atoms with Crippen molar-refractivity contribution in [3.8, 4) is 0 Å². The van der Waals surface area contributed by atoms with Gasteiger partial charge in [0, 0.05) is 18.5 Å². The van der Waals surface area contributed by atoms with Crippen molar-refractivity contribution in [2.75, 3.05) is 13.1 Å². The second-order valence-electron chi connectivity index (χ2n) is 4.16. The molecule has 0 radical (unpaired) electrons. The van der Waals surface area contributed by atoms with E-state index in [1.54, 1.807) is 17.1 Å². The lowest BCUT2D eigenvalue weighted by atomic mass is 9.94. The average Bonchev–Trinajstić information content (AvgIpc) is 2.09. The number of rotatable bonds is 4. The minimum atomic E-state index is -0.349. The van der Waals surface area contributed by atoms with Gasteiger partial charge in [-0.1, -0.05) is 33.4 Å². The normalized spacial score (nSPS) is 10.2. The van der Waals surface area contributed by atoms with Gasteiger partial charge in [-0.05, 0) is 6.08 Å². The Morgan fingerprint density at radius 2 is 2.00 bits per heavy atom. The van der Waals surface area contributed by atoms with Crippen LogP contribution < -0.4 is 0 Å². The van der Waals surface area contributed by atoms with Crippen molar-refractivity contribution >= 4 is 5.91 Å². The second-order valence-corrected chi connectivity index (χ2v) is 4.16. The molecule has 78 valence electrons. The summed E-state index contributed by atoms with van der Waals surface area (Å²) in [5.41, 5.74) is 2.31. The molecular formula is C12H19NO. The Morgan fingerprint density at radius 3 is 2.36 bits per heavy atom. The van der Waals surface area contributed by atoms with Crippen LogP contribution in [0.15, 0.2) is 31.0 Å². The van der Waals surface area contributed by atoms with Gasteiger partial charge in [-0.15, -0.1) is 12.3 Å². The molecule has 0 aliphatic heterocycles. The number of carbonyl (C=O) groups excluding carboxylic acids is 1. The van der Waals surface area contributed by atoms with Crippen molar-refractivity contribution in [3.05, 3.63) is 31.0 Å². The quantitative estimate of drug-likeness (QED) is 0.496. The summed E-state index contributed by atoms with van der Waals surface area (Å²) in [5.74, 6) is 0.115. The molecule has 2 heteroatoms. The fourth-order valence-corrected chi connectivity index (χ4v) is 1.05. The Bertz CT molecular complexity index is 254. The fourth-order valence-electron chi connectivity index (χ4n) is 1.05. The maximum absolute atomic E-state index is 11.9. The number of nitrogens with zero attached hydrogens (tertiary/aromatic N) is 1. The molecule has 0 aliphatic carbocycles. The van der Waals surface area contributed by atoms with Crippen LogP contribution in [0.5, 0.6) is 0 Å². The summed E-state index contributed by atoms with van der Waals surface area (Å²) in [7, 11) is 0. The molecule has 0 spiro atoms. The summed E-state index contributed by atoms with van der Waals surface area (Å²) < 4.78 is 0. The summed E-state index contributed by atoms with van der Waals surface area (Å²) in [5, 5.41) is 0. The van der Waals surface area contributed by atoms with Crippen LogP contribution in [0.3, 0.4) is 0 Å². The van der Waals surface area contributed by atoms with Gasteiger partial charge in [0.25, 0.3) is 0 Å². The highest BCUT2D eigenvalue weighted by molar-refractivity contribution is 5.81. The summed E-state index contributed by atoms with van der Waals surface area (Å²) in [6.07, 6.45) is 3.47. The first-order valence-electron chi connectivity index (χ1n) is 4.68. The van der Waals surface area contributed by atoms with E-state index in [9.17, 15) is 4.79 Å². The van der Waals surface area contributed by atoms with Gasteiger partial charge < -0.3 is 4.90 Å². The van der Waals surface area contributed by atoms with Crippen molar-refractivity contribution < 1.29 is 4.79 Å². The van der Waals surface area contributed by atoms with Crippen LogP contribution in [-0.4, -0.2) is 23.9 Å². The molecule has 0 aliphatic rings. The molecule has 0 N–H and O–H groups in total. The second kappa shape index (κ2) is 5.46. The molecule has 0 unspecified atom stereocenters. The number of hydrogen-bond acceptors (Lipinski definition) is 1. The van der Waals surface area contributed by atoms with Crippen LogP contribution in [0.4, 0.5) is 0 Å². The van der Waals surface area contributed by atoms with E-state index in [-0.39, 0.29) is 11.3 Å². The number of amides is 1. The Morgan fingerprint density at radius 1 is 1.43 bits per heavy atom. The van der Waals surface area contributed by atoms with E-state index in [0.29, 0.717) is 13.1 Å². The molecule has 0 fully saturated rings. The predicted octanol–water partition coefficient (Wildman–Crippen LogP) is 2.39. The van der Waals surface area contributed by atoms with Gasteiger partial charge >= 0.3 is 0 Å². The van der Waals surface area contributed by atoms with Crippen LogP contribution in [0, 0.1) is 5.41 Å². The van der Waals surface area contributed by atoms with E-state index in [2.05, 4.69) is 18.9 Å². The third-order valence-corrected chi connectivity index (χ3v) is 1.73. The van der Waals surface area contributed by atoms with Crippen molar-refractivity contribution in [2.45, 2.75) is 20.8 Å². The van der Waals surface area contributed by atoms with Gasteiger partial charge in [-0.2, -0.15) is 0 Å². The highest BCUT2D eigenvalue weighted by Crippen LogP contribution is 2.17. The maximum Gasteiger partial charge on any atom is 0.228 e. The van der Waals surface area contributed by atoms with Gasteiger partial charge in [0.15, 0.2) is 0 Å². The molecule has 0 bridgehead atoms. The van der Waals surface area contributed by atoms with Crippen molar-refractivity contribution in [3.63, 3.8) is 0 Å². The van der Waals surface area contributed by atoms with Crippen molar-refractivity contribution in [1.82, 2.24) is 4.90 Å². The van der Waals surface area contributed by atoms with Crippen molar-refractivity contribution in [2.24, 2.45) is 5.41 Å². The lowest BCUT2D eigenvalue weighted by Gasteiger charge is -2.27. The molecule has 0 atom stereocenters. The highest BCUT2D eigenvalue weighted by atomic mass is 16.2. The topological polar surface area (TPSA) is 20.3 Å². The minimum absolute atomic E-state index is 0.115. The third kappa shape index (κ3) is 4.11. The van der Waals surface area contributed by atoms with E-state index in [4.69, 9.17) is 0 Å². The third-order valence-electron chi connectivity index (χ3n) is 1.73. The van der Waals surface area contributed by atoms with Crippen LogP contribution in [0.25, 0.3) is 0 Å². The molecule has 0 saturated carbocycles. The zero-order valence-corrected chi connectivity index (χ0v) is 9.34. The molecule has 1 amide bonds. The number of carbonyl (C=O) groups is 1. The molecule has 0 aromatic carbocycles. The first-order chi connectivity index (χ1) is 6.43. The molecule has 0 rings (SSSR count). The largest absolute Gasteiger partial charge is 0.334 e. The first kappa shape index (κ1) is 12.7. The first-order valence-corrected chi connectivity index (χ1v) is 4.68. The molecule has 0 saturated heterocycles. The SMILES string of the molecule is C=C=CCN(CC=C)C(=O)C(C)(C)C. The summed E-state index contributed by atoms with van der Waals surface area (Å²) >= 11 is 0. The van der Waals surface area contributed by atoms with Gasteiger partial charge in [0.05, 0.1) is 0 Å². The summed E-state index contributed by atoms with van der Waals surface area (Å²) in [6.45, 7) is 13.9. The van der Waals surface area contributed by atoms with E-state index in [1.165, 1.54) is 0 Å². The smallest absolute Gasteiger partial charge is 0.228 e. The molecule has 0 heterocycles. The standard InChI is InChI=1S/C12H19NO/c1-6-8-10-13(9-7-2)11(14)12(3,4)5/h7-8H,1-2,9-10H2,3-5H3. The Kier molecular flexibility index (Phi) is 4.96. The molecular weight excluding hydrogens is 174 g/mol. The molecule has 14 heavy (non-hydrogen) atoms. The lowest BCUT2D eigenvalue weighted by molar-refractivity contribution is -0.138. The predicted molar refractivity (Wildman–Crippen MR) is 59.9 cm³/mol. The van der Waals surface area contributed by atoms with Crippen LogP contribution >= 0.6 is 0 Å². The Hall–Kier alpha value is -1.27. The Balaban J connectivity index is 4.55. The van der Waals surface area contributed by atoms with Crippen molar-refractivity contribution in [1.29, 1.82) is 0 Å². The van der Waals surface area contributed by atoms with E-state index in [0.717, 1.165) is 0 Å². The Labute approximate surface area is 86.6 Å². The summed E-state index contributed by atoms with van der Waals surface area (Å²) in [4.78, 5) is 13.6. The molecule has 2 nitrogen and oxygen atoms in total. The van der Waals surface area contributed by atoms with E-state index < -0.39 is 0 Å². The highest BCUT2D eigenvalue weighted by Gasteiger charge is 2.25. The van der Waals surface area contributed by atoms with Gasteiger partial charge in [-0.25, -0.2) is 0 Å². The maximum atomic E-state index is 11.9. The monoisotopic (exact) mass is 193 g/mol. The van der Waals surface area contributed by atoms with Crippen LogP contribution in [0.1, 0.15) is 20.8 Å². The van der Waals surface area contributed by atoms with Gasteiger partial charge in [0.1, 0.15) is 0 Å². The summed E-state index contributed by atoms with van der Waals surface area (Å²) in [6, 6.07) is 0. The zero-order valence-electron chi connectivity index (χ0n) is 9.34. The fraction of sp³-hybridized carbons (Fsp3) is 0.500. The zero-order chi connectivity index (χ0) is 11.2. The molecule has 0 aromatic rings. The minimum Gasteiger partial charge on any atom is -0.334 e. The van der Waals surface area contributed by atoms with E-state index >= 15 is 0 Å². The van der Waals surface area contributed by atoms with Crippen LogP contribution in [-0.2, 0) is 4.79 Å². The van der Waals surface area contributed by atoms with Gasteiger partial charge in [0.2, 0.25) is 5.91 Å². The van der Waals surface area contributed by atoms with Gasteiger partial charge in [-0.3, -0.25) is 4.79 Å². The van der Waals surface area contributed by atoms with E-state index in [1.807, 2.05) is 20.8 Å². The molecule has 0 aromatic heterocycles. The average molecular weight is 193 g/mol. The number of hydrogen-bond donors (Lipinski definition) is 0. The van der Waals surface area contributed by atoms with Crippen LogP contribution in [0.2, 0.25) is 0 Å². The lowest BCUT2D eigenvalue weighted by Crippen LogP contribution is -2.39.